The maximum atomic E-state index is 13.5. The first-order valence-corrected chi connectivity index (χ1v) is 14.4. The van der Waals surface area contributed by atoms with E-state index in [0.717, 1.165) is 20.6 Å². The van der Waals surface area contributed by atoms with Crippen LogP contribution >= 0.6 is 50.7 Å². The quantitative estimate of drug-likeness (QED) is 0.359. The highest BCUT2D eigenvalue weighted by molar-refractivity contribution is 9.10. The van der Waals surface area contributed by atoms with Crippen LogP contribution in [-0.4, -0.2) is 50.5 Å². The van der Waals surface area contributed by atoms with Gasteiger partial charge in [-0.15, -0.1) is 0 Å². The third-order valence-electron chi connectivity index (χ3n) is 5.03. The Morgan fingerprint density at radius 2 is 1.66 bits per heavy atom. The van der Waals surface area contributed by atoms with Crippen molar-refractivity contribution in [2.24, 2.45) is 5.92 Å². The van der Waals surface area contributed by atoms with Gasteiger partial charge in [-0.1, -0.05) is 76.7 Å². The number of nitrogens with zero attached hydrogens (tertiary/aromatic N) is 2. The lowest BCUT2D eigenvalue weighted by Gasteiger charge is -2.32. The molecule has 2 rings (SSSR count). The van der Waals surface area contributed by atoms with Crippen LogP contribution in [0.1, 0.15) is 26.3 Å². The molecule has 0 saturated heterocycles. The van der Waals surface area contributed by atoms with Gasteiger partial charge in [0.15, 0.2) is 0 Å². The zero-order chi connectivity index (χ0) is 26.5. The third kappa shape index (κ3) is 8.53. The monoisotopic (exact) mass is 625 g/mol. The normalized spacial score (nSPS) is 12.4. The second-order valence-corrected chi connectivity index (χ2v) is 12.5. The minimum atomic E-state index is -3.95. The number of anilines is 1. The molecule has 2 aromatic rings. The van der Waals surface area contributed by atoms with Crippen LogP contribution in [-0.2, 0) is 26.2 Å². The van der Waals surface area contributed by atoms with Gasteiger partial charge in [-0.25, -0.2) is 8.42 Å². The van der Waals surface area contributed by atoms with Gasteiger partial charge in [0, 0.05) is 17.6 Å². The number of sulfonamides is 1. The summed E-state index contributed by atoms with van der Waals surface area (Å²) in [7, 11) is -3.95. The predicted molar refractivity (Wildman–Crippen MR) is 146 cm³/mol. The number of benzene rings is 2. The molecule has 0 heterocycles. The van der Waals surface area contributed by atoms with E-state index in [1.165, 1.54) is 17.0 Å². The fourth-order valence-electron chi connectivity index (χ4n) is 3.17. The second kappa shape index (κ2) is 12.6. The number of carbonyl (C=O) groups is 2. The van der Waals surface area contributed by atoms with Crippen molar-refractivity contribution in [3.05, 3.63) is 61.5 Å². The number of halogens is 4. The lowest BCUT2D eigenvalue weighted by Crippen LogP contribution is -2.51. The number of carbonyl (C=O) groups excluding carboxylic acids is 2. The van der Waals surface area contributed by atoms with E-state index in [1.807, 2.05) is 38.1 Å². The Kier molecular flexibility index (Phi) is 10.7. The summed E-state index contributed by atoms with van der Waals surface area (Å²) in [4.78, 5) is 27.7. The van der Waals surface area contributed by atoms with Gasteiger partial charge in [0.05, 0.1) is 27.0 Å². The highest BCUT2D eigenvalue weighted by atomic mass is 79.9. The van der Waals surface area contributed by atoms with Crippen LogP contribution in [0.4, 0.5) is 5.69 Å². The Morgan fingerprint density at radius 1 is 1.03 bits per heavy atom. The molecule has 0 aliphatic heterocycles. The van der Waals surface area contributed by atoms with E-state index >= 15 is 0 Å². The summed E-state index contributed by atoms with van der Waals surface area (Å²) in [6.07, 6.45) is 0.955. The van der Waals surface area contributed by atoms with E-state index in [2.05, 4.69) is 21.2 Å². The average molecular weight is 628 g/mol. The molecule has 0 fully saturated rings. The van der Waals surface area contributed by atoms with E-state index in [9.17, 15) is 18.0 Å². The van der Waals surface area contributed by atoms with Gasteiger partial charge in [0.1, 0.15) is 12.6 Å². The lowest BCUT2D eigenvalue weighted by atomic mass is 10.1. The highest BCUT2D eigenvalue weighted by Gasteiger charge is 2.31. The number of hydrogen-bond donors (Lipinski definition) is 1. The van der Waals surface area contributed by atoms with Gasteiger partial charge >= 0.3 is 0 Å². The number of nitrogens with one attached hydrogen (secondary N) is 1. The molecule has 0 spiro atoms. The Morgan fingerprint density at radius 3 is 2.23 bits per heavy atom. The average Bonchev–Trinajstić information content (AvgIpc) is 2.75. The molecule has 0 aliphatic rings. The standard InChI is InChI=1S/C23H27BrCl3N3O4S/c1-14(2)11-28-23(32)15(3)29(12-16-6-5-7-17(24)8-16)22(31)13-30(35(4,33)34)21-10-19(26)18(25)9-20(21)27/h5-10,14-15H,11-13H2,1-4H3,(H,28,32). The highest BCUT2D eigenvalue weighted by Crippen LogP contribution is 2.35. The van der Waals surface area contributed by atoms with E-state index in [4.69, 9.17) is 34.8 Å². The van der Waals surface area contributed by atoms with Crippen LogP contribution in [0.2, 0.25) is 15.1 Å². The first-order chi connectivity index (χ1) is 16.2. The number of rotatable bonds is 10. The summed E-state index contributed by atoms with van der Waals surface area (Å²) in [5, 5.41) is 3.07. The molecule has 0 saturated carbocycles. The van der Waals surface area contributed by atoms with E-state index in [1.54, 1.807) is 6.92 Å². The SMILES string of the molecule is CC(C)CNC(=O)C(C)N(Cc1cccc(Br)c1)C(=O)CN(c1cc(Cl)c(Cl)cc1Cl)S(C)(=O)=O. The number of amides is 2. The van der Waals surface area contributed by atoms with Crippen molar-refractivity contribution in [1.29, 1.82) is 0 Å². The van der Waals surface area contributed by atoms with Crippen LogP contribution in [0.3, 0.4) is 0 Å². The molecule has 2 amide bonds. The van der Waals surface area contributed by atoms with Crippen LogP contribution in [0.25, 0.3) is 0 Å². The maximum Gasteiger partial charge on any atom is 0.244 e. The minimum absolute atomic E-state index is 0.0104. The van der Waals surface area contributed by atoms with Crippen molar-refractivity contribution in [3.8, 4) is 0 Å². The van der Waals surface area contributed by atoms with Gasteiger partial charge in [-0.05, 0) is 42.7 Å². The molecule has 35 heavy (non-hydrogen) atoms. The Hall–Kier alpha value is -1.52. The van der Waals surface area contributed by atoms with E-state index in [-0.39, 0.29) is 39.1 Å². The molecule has 1 N–H and O–H groups in total. The first kappa shape index (κ1) is 29.7. The molecule has 0 aromatic heterocycles. The molecule has 12 heteroatoms. The summed E-state index contributed by atoms with van der Waals surface area (Å²) >= 11 is 21.7. The molecular weight excluding hydrogens is 601 g/mol. The van der Waals surface area contributed by atoms with Crippen LogP contribution in [0, 0.1) is 5.92 Å². The minimum Gasteiger partial charge on any atom is -0.354 e. The molecule has 192 valence electrons. The third-order valence-corrected chi connectivity index (χ3v) is 7.68. The molecule has 0 bridgehead atoms. The topological polar surface area (TPSA) is 86.8 Å². The fraction of sp³-hybridized carbons (Fsp3) is 0.391. The first-order valence-electron chi connectivity index (χ1n) is 10.6. The molecule has 2 aromatic carbocycles. The second-order valence-electron chi connectivity index (χ2n) is 8.45. The summed E-state index contributed by atoms with van der Waals surface area (Å²) < 4.78 is 27.0. The molecule has 0 aliphatic carbocycles. The van der Waals surface area contributed by atoms with Gasteiger partial charge in [-0.3, -0.25) is 13.9 Å². The van der Waals surface area contributed by atoms with Gasteiger partial charge in [0.2, 0.25) is 21.8 Å². The molecule has 1 atom stereocenters. The van der Waals surface area contributed by atoms with Crippen molar-refractivity contribution in [2.75, 3.05) is 23.7 Å². The molecule has 0 radical (unpaired) electrons. The Labute approximate surface area is 229 Å². The van der Waals surface area contributed by atoms with Gasteiger partial charge in [0.25, 0.3) is 0 Å². The van der Waals surface area contributed by atoms with E-state index in [0.29, 0.717) is 6.54 Å². The van der Waals surface area contributed by atoms with Gasteiger partial charge < -0.3 is 10.2 Å². The summed E-state index contributed by atoms with van der Waals surface area (Å²) in [6.45, 7) is 5.45. The summed E-state index contributed by atoms with van der Waals surface area (Å²) in [5.74, 6) is -0.719. The summed E-state index contributed by atoms with van der Waals surface area (Å²) in [5.41, 5.74) is 0.769. The predicted octanol–water partition coefficient (Wildman–Crippen LogP) is 5.36. The Bertz CT molecular complexity index is 1190. The molecule has 1 unspecified atom stereocenters. The smallest absolute Gasteiger partial charge is 0.244 e. The molecular formula is C23H27BrCl3N3O4S. The Balaban J connectivity index is 2.44. The van der Waals surface area contributed by atoms with Crippen molar-refractivity contribution in [1.82, 2.24) is 10.2 Å². The largest absolute Gasteiger partial charge is 0.354 e. The van der Waals surface area contributed by atoms with Crippen molar-refractivity contribution in [2.45, 2.75) is 33.4 Å². The zero-order valence-corrected chi connectivity index (χ0v) is 24.4. The van der Waals surface area contributed by atoms with Crippen LogP contribution < -0.4 is 9.62 Å². The lowest BCUT2D eigenvalue weighted by molar-refractivity contribution is -0.139. The van der Waals surface area contributed by atoms with Crippen LogP contribution in [0.15, 0.2) is 40.9 Å². The van der Waals surface area contributed by atoms with Gasteiger partial charge in [-0.2, -0.15) is 0 Å². The molecule has 7 nitrogen and oxygen atoms in total. The summed E-state index contributed by atoms with van der Waals surface area (Å²) in [6, 6.07) is 9.02. The number of hydrogen-bond acceptors (Lipinski definition) is 4. The fourth-order valence-corrected chi connectivity index (χ4v) is 5.16. The van der Waals surface area contributed by atoms with Crippen LogP contribution in [0.5, 0.6) is 0 Å². The van der Waals surface area contributed by atoms with E-state index < -0.39 is 28.5 Å². The zero-order valence-electron chi connectivity index (χ0n) is 19.7. The maximum absolute atomic E-state index is 13.5. The van der Waals surface area contributed by atoms with Crippen molar-refractivity contribution < 1.29 is 18.0 Å². The van der Waals surface area contributed by atoms with Crippen molar-refractivity contribution >= 4 is 78.3 Å². The van der Waals surface area contributed by atoms with Crippen molar-refractivity contribution in [3.63, 3.8) is 0 Å².